The number of ether oxygens (including phenoxy) is 1. The van der Waals surface area contributed by atoms with Crippen molar-refractivity contribution in [2.75, 3.05) is 33.3 Å². The van der Waals surface area contributed by atoms with Crippen LogP contribution in [0.3, 0.4) is 0 Å². The molecule has 6 heteroatoms. The fourth-order valence-electron chi connectivity index (χ4n) is 3.88. The van der Waals surface area contributed by atoms with Gasteiger partial charge in [0.1, 0.15) is 11.5 Å². The number of likely N-dealkylation sites (tertiary alicyclic amines) is 1. The molecule has 1 aliphatic heterocycles. The molecule has 1 atom stereocenters. The zero-order valence-corrected chi connectivity index (χ0v) is 17.7. The molecule has 0 saturated carbocycles. The van der Waals surface area contributed by atoms with Crippen molar-refractivity contribution < 1.29 is 24.3 Å². The van der Waals surface area contributed by atoms with Gasteiger partial charge in [0.25, 0.3) is 11.7 Å². The van der Waals surface area contributed by atoms with Gasteiger partial charge in [-0.25, -0.2) is 0 Å². The van der Waals surface area contributed by atoms with Crippen LogP contribution in [-0.2, 0) is 9.59 Å². The first-order chi connectivity index (χ1) is 14.5. The van der Waals surface area contributed by atoms with Crippen molar-refractivity contribution >= 4 is 17.4 Å². The van der Waals surface area contributed by atoms with E-state index in [1.165, 1.54) is 4.90 Å². The molecule has 1 aliphatic rings. The maximum Gasteiger partial charge on any atom is 0.295 e. The largest absolute Gasteiger partial charge is 0.507 e. The number of benzene rings is 2. The van der Waals surface area contributed by atoms with E-state index in [0.29, 0.717) is 17.9 Å². The molecule has 1 amide bonds. The Morgan fingerprint density at radius 2 is 1.67 bits per heavy atom. The summed E-state index contributed by atoms with van der Waals surface area (Å²) in [6.45, 7) is 7.25. The summed E-state index contributed by atoms with van der Waals surface area (Å²) in [7, 11) is 1.59. The Kier molecular flexibility index (Phi) is 6.90. The molecule has 1 saturated heterocycles. The average molecular weight is 410 g/mol. The second-order valence-electron chi connectivity index (χ2n) is 7.34. The van der Waals surface area contributed by atoms with E-state index in [2.05, 4.69) is 13.8 Å². The van der Waals surface area contributed by atoms with Gasteiger partial charge in [-0.1, -0.05) is 42.5 Å². The fourth-order valence-corrected chi connectivity index (χ4v) is 3.88. The predicted octanol–water partition coefficient (Wildman–Crippen LogP) is 2.04. The first-order valence-corrected chi connectivity index (χ1v) is 10.3. The third-order valence-electron chi connectivity index (χ3n) is 5.72. The fraction of sp³-hybridized carbons (Fsp3) is 0.333. The number of methoxy groups -OCH3 is 1. The van der Waals surface area contributed by atoms with Crippen LogP contribution in [-0.4, -0.2) is 55.0 Å². The number of quaternary nitrogens is 1. The third-order valence-corrected chi connectivity index (χ3v) is 5.72. The van der Waals surface area contributed by atoms with Crippen molar-refractivity contribution in [3.63, 3.8) is 0 Å². The Balaban J connectivity index is 2.07. The SMILES string of the molecule is CC[NH+](CC)CCN1C(=O)C(=O)C(=C(O)c2ccccc2)[C@@H]1c1ccc(OC)cc1. The Hall–Kier alpha value is -3.12. The molecule has 30 heavy (non-hydrogen) atoms. The molecule has 0 aromatic heterocycles. The second-order valence-corrected chi connectivity index (χ2v) is 7.34. The first-order valence-electron chi connectivity index (χ1n) is 10.3. The minimum Gasteiger partial charge on any atom is -0.507 e. The molecule has 1 fully saturated rings. The lowest BCUT2D eigenvalue weighted by Crippen LogP contribution is -3.12. The van der Waals surface area contributed by atoms with Crippen LogP contribution in [0.15, 0.2) is 60.2 Å². The van der Waals surface area contributed by atoms with Crippen LogP contribution in [0, 0.1) is 0 Å². The number of nitrogens with one attached hydrogen (secondary N) is 1. The minimum atomic E-state index is -0.647. The van der Waals surface area contributed by atoms with Gasteiger partial charge in [-0.15, -0.1) is 0 Å². The van der Waals surface area contributed by atoms with Gasteiger partial charge in [0, 0.05) is 5.56 Å². The van der Waals surface area contributed by atoms with Gasteiger partial charge in [0.05, 0.1) is 44.9 Å². The van der Waals surface area contributed by atoms with Crippen molar-refractivity contribution in [2.24, 2.45) is 0 Å². The van der Waals surface area contributed by atoms with E-state index in [4.69, 9.17) is 4.74 Å². The van der Waals surface area contributed by atoms with E-state index in [1.54, 1.807) is 48.4 Å². The molecule has 2 aromatic rings. The number of hydrogen-bond acceptors (Lipinski definition) is 4. The lowest BCUT2D eigenvalue weighted by atomic mass is 9.95. The molecule has 0 unspecified atom stereocenters. The van der Waals surface area contributed by atoms with Gasteiger partial charge in [-0.3, -0.25) is 9.59 Å². The minimum absolute atomic E-state index is 0.130. The molecule has 0 radical (unpaired) electrons. The Bertz CT molecular complexity index is 918. The van der Waals surface area contributed by atoms with Crippen molar-refractivity contribution in [1.82, 2.24) is 4.90 Å². The monoisotopic (exact) mass is 409 g/mol. The van der Waals surface area contributed by atoms with Gasteiger partial charge in [-0.2, -0.15) is 0 Å². The van der Waals surface area contributed by atoms with Crippen molar-refractivity contribution in [3.05, 3.63) is 71.3 Å². The number of carbonyl (C=O) groups is 2. The quantitative estimate of drug-likeness (QED) is 0.398. The maximum atomic E-state index is 13.0. The van der Waals surface area contributed by atoms with Crippen LogP contribution in [0.1, 0.15) is 31.0 Å². The number of aliphatic hydroxyl groups excluding tert-OH is 1. The highest BCUT2D eigenvalue weighted by atomic mass is 16.5. The zero-order valence-electron chi connectivity index (χ0n) is 17.7. The van der Waals surface area contributed by atoms with Crippen molar-refractivity contribution in [1.29, 1.82) is 0 Å². The lowest BCUT2D eigenvalue weighted by Gasteiger charge is -2.27. The second kappa shape index (κ2) is 9.59. The Morgan fingerprint density at radius 3 is 2.23 bits per heavy atom. The summed E-state index contributed by atoms with van der Waals surface area (Å²) in [5.74, 6) is -0.676. The van der Waals surface area contributed by atoms with E-state index in [1.807, 2.05) is 18.2 Å². The Labute approximate surface area is 177 Å². The van der Waals surface area contributed by atoms with Crippen LogP contribution < -0.4 is 9.64 Å². The molecule has 3 rings (SSSR count). The number of aliphatic hydroxyl groups is 1. The van der Waals surface area contributed by atoms with Gasteiger partial charge >= 0.3 is 0 Å². The normalized spacial score (nSPS) is 18.3. The molecule has 158 valence electrons. The van der Waals surface area contributed by atoms with Crippen molar-refractivity contribution in [2.45, 2.75) is 19.9 Å². The number of nitrogens with zero attached hydrogens (tertiary/aromatic N) is 1. The number of Topliss-reactive ketones (excluding diaryl/α,β-unsaturated/α-hetero) is 1. The highest BCUT2D eigenvalue weighted by molar-refractivity contribution is 6.46. The van der Waals surface area contributed by atoms with Gasteiger partial charge in [-0.05, 0) is 31.5 Å². The van der Waals surface area contributed by atoms with Gasteiger partial charge in [0.2, 0.25) is 0 Å². The van der Waals surface area contributed by atoms with E-state index >= 15 is 0 Å². The summed E-state index contributed by atoms with van der Waals surface area (Å²) in [5.41, 5.74) is 1.41. The van der Waals surface area contributed by atoms with Crippen molar-refractivity contribution in [3.8, 4) is 5.75 Å². The van der Waals surface area contributed by atoms with Crippen LogP contribution in [0.2, 0.25) is 0 Å². The standard InChI is InChI=1S/C24H28N2O4/c1-4-25(5-2)15-16-26-21(17-11-13-19(30-3)14-12-17)20(23(28)24(26)29)22(27)18-9-7-6-8-10-18/h6-14,21,27H,4-5,15-16H2,1-3H3/p+1/t21-/m0/s1. The Morgan fingerprint density at radius 1 is 1.03 bits per heavy atom. The molecular formula is C24H29N2O4+. The number of amides is 1. The number of hydrogen-bond donors (Lipinski definition) is 2. The van der Waals surface area contributed by atoms with E-state index in [-0.39, 0.29) is 11.3 Å². The zero-order chi connectivity index (χ0) is 21.7. The van der Waals surface area contributed by atoms with Crippen LogP contribution in [0.25, 0.3) is 5.76 Å². The summed E-state index contributed by atoms with van der Waals surface area (Å²) in [6.07, 6.45) is 0. The lowest BCUT2D eigenvalue weighted by molar-refractivity contribution is -0.895. The van der Waals surface area contributed by atoms with Crippen LogP contribution >= 0.6 is 0 Å². The smallest absolute Gasteiger partial charge is 0.295 e. The number of carbonyl (C=O) groups excluding carboxylic acids is 2. The highest BCUT2D eigenvalue weighted by Gasteiger charge is 2.46. The van der Waals surface area contributed by atoms with E-state index < -0.39 is 17.7 Å². The number of rotatable bonds is 8. The average Bonchev–Trinajstić information content (AvgIpc) is 3.04. The molecule has 2 N–H and O–H groups in total. The maximum absolute atomic E-state index is 13.0. The van der Waals surface area contributed by atoms with Crippen LogP contribution in [0.4, 0.5) is 0 Å². The summed E-state index contributed by atoms with van der Waals surface area (Å²) >= 11 is 0. The van der Waals surface area contributed by atoms with E-state index in [9.17, 15) is 14.7 Å². The molecule has 0 bridgehead atoms. The number of ketones is 1. The molecular weight excluding hydrogens is 380 g/mol. The molecule has 0 aliphatic carbocycles. The topological polar surface area (TPSA) is 71.3 Å². The van der Waals surface area contributed by atoms with Gasteiger partial charge in [0.15, 0.2) is 0 Å². The summed E-state index contributed by atoms with van der Waals surface area (Å²) in [6, 6.07) is 15.5. The van der Waals surface area contributed by atoms with Crippen LogP contribution in [0.5, 0.6) is 5.75 Å². The number of likely N-dealkylation sites (N-methyl/N-ethyl adjacent to an activating group) is 1. The highest BCUT2D eigenvalue weighted by Crippen LogP contribution is 2.39. The predicted molar refractivity (Wildman–Crippen MR) is 115 cm³/mol. The molecule has 1 heterocycles. The molecule has 2 aromatic carbocycles. The molecule has 6 nitrogen and oxygen atoms in total. The molecule has 0 spiro atoms. The summed E-state index contributed by atoms with van der Waals surface area (Å²) in [4.78, 5) is 28.9. The first kappa shape index (κ1) is 21.6. The van der Waals surface area contributed by atoms with Gasteiger partial charge < -0.3 is 19.6 Å². The third kappa shape index (κ3) is 4.24. The summed E-state index contributed by atoms with van der Waals surface area (Å²) in [5, 5.41) is 11.0. The van der Waals surface area contributed by atoms with E-state index in [0.717, 1.165) is 25.2 Å². The summed E-state index contributed by atoms with van der Waals surface area (Å²) < 4.78 is 5.24.